The molecule has 0 aliphatic heterocycles. The van der Waals surface area contributed by atoms with E-state index in [2.05, 4.69) is 0 Å². The van der Waals surface area contributed by atoms with Gasteiger partial charge >= 0.3 is 0 Å². The lowest BCUT2D eigenvalue weighted by Crippen LogP contribution is -2.39. The third-order valence-corrected chi connectivity index (χ3v) is 3.38. The van der Waals surface area contributed by atoms with Gasteiger partial charge in [-0.25, -0.2) is 8.78 Å². The minimum absolute atomic E-state index is 0.0489. The van der Waals surface area contributed by atoms with Crippen molar-refractivity contribution in [2.75, 3.05) is 6.61 Å². The van der Waals surface area contributed by atoms with E-state index >= 15 is 0 Å². The van der Waals surface area contributed by atoms with Crippen molar-refractivity contribution in [2.45, 2.75) is 45.3 Å². The maximum Gasteiger partial charge on any atom is 0.129 e. The molecule has 0 aliphatic carbocycles. The first-order chi connectivity index (χ1) is 8.50. The largest absolute Gasteiger partial charge is 0.385 e. The topological polar surface area (TPSA) is 29.5 Å². The summed E-state index contributed by atoms with van der Waals surface area (Å²) in [4.78, 5) is 0. The smallest absolute Gasteiger partial charge is 0.129 e. The predicted molar refractivity (Wildman–Crippen MR) is 66.3 cm³/mol. The average Bonchev–Trinajstić information content (AvgIpc) is 2.38. The highest BCUT2D eigenvalue weighted by atomic mass is 19.1. The van der Waals surface area contributed by atoms with Crippen LogP contribution in [0.4, 0.5) is 8.78 Å². The Labute approximate surface area is 107 Å². The number of benzene rings is 1. The normalized spacial score (nSPS) is 13.7. The van der Waals surface area contributed by atoms with Crippen LogP contribution in [-0.4, -0.2) is 17.3 Å². The van der Waals surface area contributed by atoms with Crippen LogP contribution in [0.25, 0.3) is 0 Å². The van der Waals surface area contributed by atoms with Crippen molar-refractivity contribution < 1.29 is 18.6 Å². The van der Waals surface area contributed by atoms with Gasteiger partial charge in [0.1, 0.15) is 17.7 Å². The van der Waals surface area contributed by atoms with E-state index < -0.39 is 23.3 Å². The third kappa shape index (κ3) is 2.87. The average molecular weight is 258 g/mol. The summed E-state index contributed by atoms with van der Waals surface area (Å²) < 4.78 is 32.5. The number of halogens is 2. The summed E-state index contributed by atoms with van der Waals surface area (Å²) in [6, 6.07) is 3.08. The second-order valence-corrected chi connectivity index (χ2v) is 4.27. The summed E-state index contributed by atoms with van der Waals surface area (Å²) in [5.41, 5.74) is -0.921. The molecule has 0 aliphatic rings. The van der Waals surface area contributed by atoms with Gasteiger partial charge in [-0.3, -0.25) is 0 Å². The standard InChI is InChI=1S/C14H20F2O2/c1-4-14(5-2,18-6-3)13(17)11-9-10(15)7-8-12(11)16/h7-9,13,17H,4-6H2,1-3H3. The van der Waals surface area contributed by atoms with Gasteiger partial charge in [0.15, 0.2) is 0 Å². The van der Waals surface area contributed by atoms with Gasteiger partial charge in [0, 0.05) is 12.2 Å². The van der Waals surface area contributed by atoms with Gasteiger partial charge in [-0.2, -0.15) is 0 Å². The molecule has 102 valence electrons. The van der Waals surface area contributed by atoms with Crippen LogP contribution < -0.4 is 0 Å². The lowest BCUT2D eigenvalue weighted by molar-refractivity contribution is -0.128. The number of ether oxygens (including phenoxy) is 1. The van der Waals surface area contributed by atoms with Gasteiger partial charge in [-0.15, -0.1) is 0 Å². The Morgan fingerprint density at radius 1 is 1.22 bits per heavy atom. The molecule has 18 heavy (non-hydrogen) atoms. The lowest BCUT2D eigenvalue weighted by Gasteiger charge is -2.36. The third-order valence-electron chi connectivity index (χ3n) is 3.38. The molecular formula is C14H20F2O2. The molecule has 0 heterocycles. The molecule has 1 aromatic carbocycles. The number of hydrogen-bond acceptors (Lipinski definition) is 2. The first kappa shape index (κ1) is 15.1. The van der Waals surface area contributed by atoms with E-state index in [1.165, 1.54) is 0 Å². The van der Waals surface area contributed by atoms with Gasteiger partial charge in [0.05, 0.1) is 5.60 Å². The molecule has 1 unspecified atom stereocenters. The Morgan fingerprint density at radius 2 is 1.83 bits per heavy atom. The number of rotatable bonds is 6. The molecule has 4 heteroatoms. The molecule has 0 radical (unpaired) electrons. The molecule has 1 aromatic rings. The van der Waals surface area contributed by atoms with E-state index in [1.807, 2.05) is 20.8 Å². The van der Waals surface area contributed by atoms with Crippen molar-refractivity contribution in [2.24, 2.45) is 0 Å². The molecule has 2 nitrogen and oxygen atoms in total. The van der Waals surface area contributed by atoms with Crippen molar-refractivity contribution in [1.29, 1.82) is 0 Å². The highest BCUT2D eigenvalue weighted by Crippen LogP contribution is 2.36. The van der Waals surface area contributed by atoms with Gasteiger partial charge in [-0.1, -0.05) is 13.8 Å². The summed E-state index contributed by atoms with van der Waals surface area (Å²) >= 11 is 0. The molecule has 1 rings (SSSR count). The molecule has 0 bridgehead atoms. The quantitative estimate of drug-likeness (QED) is 0.845. The molecular weight excluding hydrogens is 238 g/mol. The first-order valence-corrected chi connectivity index (χ1v) is 6.27. The Hall–Kier alpha value is -1.00. The van der Waals surface area contributed by atoms with Crippen LogP contribution in [0, 0.1) is 11.6 Å². The van der Waals surface area contributed by atoms with Gasteiger partial charge < -0.3 is 9.84 Å². The Bertz CT molecular complexity index is 389. The Morgan fingerprint density at radius 3 is 2.33 bits per heavy atom. The van der Waals surface area contributed by atoms with Crippen LogP contribution in [0.5, 0.6) is 0 Å². The zero-order valence-corrected chi connectivity index (χ0v) is 11.0. The molecule has 0 saturated heterocycles. The van der Waals surface area contributed by atoms with Crippen molar-refractivity contribution in [3.63, 3.8) is 0 Å². The molecule has 1 atom stereocenters. The molecule has 0 saturated carbocycles. The van der Waals surface area contributed by atoms with Crippen LogP contribution in [0.1, 0.15) is 45.3 Å². The van der Waals surface area contributed by atoms with E-state index in [0.29, 0.717) is 19.4 Å². The highest BCUT2D eigenvalue weighted by molar-refractivity contribution is 5.23. The summed E-state index contributed by atoms with van der Waals surface area (Å²) in [5, 5.41) is 10.3. The monoisotopic (exact) mass is 258 g/mol. The summed E-state index contributed by atoms with van der Waals surface area (Å²) in [6.07, 6.45) is -0.133. The minimum Gasteiger partial charge on any atom is -0.385 e. The van der Waals surface area contributed by atoms with Crippen molar-refractivity contribution >= 4 is 0 Å². The van der Waals surface area contributed by atoms with Crippen LogP contribution in [-0.2, 0) is 4.74 Å². The molecule has 0 amide bonds. The minimum atomic E-state index is -1.18. The fraction of sp³-hybridized carbons (Fsp3) is 0.571. The van der Waals surface area contributed by atoms with Gasteiger partial charge in [-0.05, 0) is 38.0 Å². The Balaban J connectivity index is 3.16. The maximum atomic E-state index is 13.7. The number of hydrogen-bond donors (Lipinski definition) is 1. The number of aliphatic hydroxyl groups is 1. The molecule has 1 N–H and O–H groups in total. The predicted octanol–water partition coefficient (Wildman–Crippen LogP) is 3.59. The first-order valence-electron chi connectivity index (χ1n) is 6.27. The second-order valence-electron chi connectivity index (χ2n) is 4.27. The van der Waals surface area contributed by atoms with Crippen molar-refractivity contribution in [3.05, 3.63) is 35.4 Å². The fourth-order valence-electron chi connectivity index (χ4n) is 2.21. The van der Waals surface area contributed by atoms with Crippen LogP contribution in [0.2, 0.25) is 0 Å². The lowest BCUT2D eigenvalue weighted by atomic mass is 9.85. The zero-order valence-electron chi connectivity index (χ0n) is 11.0. The Kier molecular flexibility index (Phi) is 5.23. The summed E-state index contributed by atoms with van der Waals surface area (Å²) in [5.74, 6) is -1.18. The zero-order chi connectivity index (χ0) is 13.8. The SMILES string of the molecule is CCOC(CC)(CC)C(O)c1cc(F)ccc1F. The van der Waals surface area contributed by atoms with Crippen molar-refractivity contribution in [1.82, 2.24) is 0 Å². The fourth-order valence-corrected chi connectivity index (χ4v) is 2.21. The maximum absolute atomic E-state index is 13.7. The highest BCUT2D eigenvalue weighted by Gasteiger charge is 2.37. The van der Waals surface area contributed by atoms with E-state index in [-0.39, 0.29) is 5.56 Å². The molecule has 0 fully saturated rings. The van der Waals surface area contributed by atoms with Gasteiger partial charge in [0.2, 0.25) is 0 Å². The molecule has 0 spiro atoms. The van der Waals surface area contributed by atoms with E-state index in [1.54, 1.807) is 0 Å². The van der Waals surface area contributed by atoms with E-state index in [9.17, 15) is 13.9 Å². The van der Waals surface area contributed by atoms with Gasteiger partial charge in [0.25, 0.3) is 0 Å². The van der Waals surface area contributed by atoms with Crippen LogP contribution in [0.15, 0.2) is 18.2 Å². The summed E-state index contributed by atoms with van der Waals surface area (Å²) in [6.45, 7) is 5.95. The molecule has 0 aromatic heterocycles. The van der Waals surface area contributed by atoms with Crippen LogP contribution >= 0.6 is 0 Å². The van der Waals surface area contributed by atoms with E-state index in [0.717, 1.165) is 18.2 Å². The van der Waals surface area contributed by atoms with E-state index in [4.69, 9.17) is 4.74 Å². The number of aliphatic hydroxyl groups excluding tert-OH is 1. The second kappa shape index (κ2) is 6.25. The summed E-state index contributed by atoms with van der Waals surface area (Å²) in [7, 11) is 0. The van der Waals surface area contributed by atoms with Crippen molar-refractivity contribution in [3.8, 4) is 0 Å². The van der Waals surface area contributed by atoms with Crippen LogP contribution in [0.3, 0.4) is 0 Å².